The smallest absolute Gasteiger partial charge is 0.251 e. The average molecular weight is 346 g/mol. The average Bonchev–Trinajstić information content (AvgIpc) is 2.60. The Hall–Kier alpha value is -2.18. The number of hydrogen-bond acceptors (Lipinski definition) is 3. The van der Waals surface area contributed by atoms with Crippen molar-refractivity contribution in [3.8, 4) is 0 Å². The molecule has 0 radical (unpaired) electrons. The molecule has 0 fully saturated rings. The molecule has 5 nitrogen and oxygen atoms in total. The molecular formula is C18H22N2O3S. The Bertz CT molecular complexity index is 789. The maximum atomic E-state index is 12.6. The zero-order chi connectivity index (χ0) is 17.6. The lowest BCUT2D eigenvalue weighted by Crippen LogP contribution is -2.28. The summed E-state index contributed by atoms with van der Waals surface area (Å²) in [6.45, 7) is 4.29. The van der Waals surface area contributed by atoms with Gasteiger partial charge in [-0.1, -0.05) is 43.3 Å². The molecule has 0 saturated heterocycles. The van der Waals surface area contributed by atoms with Gasteiger partial charge in [-0.25, -0.2) is 13.1 Å². The van der Waals surface area contributed by atoms with E-state index in [-0.39, 0.29) is 16.8 Å². The van der Waals surface area contributed by atoms with Gasteiger partial charge in [-0.05, 0) is 37.1 Å². The van der Waals surface area contributed by atoms with Gasteiger partial charge in [0.25, 0.3) is 5.91 Å². The first kappa shape index (κ1) is 18.2. The van der Waals surface area contributed by atoms with Crippen LogP contribution in [0.25, 0.3) is 0 Å². The highest BCUT2D eigenvalue weighted by Gasteiger charge is 2.19. The minimum absolute atomic E-state index is 0.0782. The van der Waals surface area contributed by atoms with Gasteiger partial charge in [-0.15, -0.1) is 0 Å². The second-order valence-corrected chi connectivity index (χ2v) is 7.25. The van der Waals surface area contributed by atoms with E-state index >= 15 is 0 Å². The molecule has 6 heteroatoms. The van der Waals surface area contributed by atoms with Crippen LogP contribution in [0.4, 0.5) is 0 Å². The zero-order valence-electron chi connectivity index (χ0n) is 13.8. The number of amides is 1. The molecule has 0 heterocycles. The van der Waals surface area contributed by atoms with Gasteiger partial charge < -0.3 is 5.32 Å². The molecule has 1 unspecified atom stereocenters. The van der Waals surface area contributed by atoms with E-state index in [0.717, 1.165) is 12.0 Å². The quantitative estimate of drug-likeness (QED) is 0.809. The maximum absolute atomic E-state index is 12.6. The van der Waals surface area contributed by atoms with Crippen LogP contribution >= 0.6 is 0 Å². The lowest BCUT2D eigenvalue weighted by molar-refractivity contribution is 0.0953. The number of carbonyl (C=O) groups excluding carboxylic acids is 1. The predicted molar refractivity (Wildman–Crippen MR) is 94.2 cm³/mol. The van der Waals surface area contributed by atoms with Gasteiger partial charge in [-0.2, -0.15) is 0 Å². The summed E-state index contributed by atoms with van der Waals surface area (Å²) in [4.78, 5) is 12.1. The highest BCUT2D eigenvalue weighted by Crippen LogP contribution is 2.17. The van der Waals surface area contributed by atoms with Crippen molar-refractivity contribution in [2.75, 3.05) is 6.54 Å². The van der Waals surface area contributed by atoms with Crippen molar-refractivity contribution in [1.82, 2.24) is 10.0 Å². The number of carbonyl (C=O) groups is 1. The number of hydrogen-bond donors (Lipinski definition) is 2. The van der Waals surface area contributed by atoms with E-state index in [4.69, 9.17) is 0 Å². The fraction of sp³-hybridized carbons (Fsp3) is 0.278. The Kier molecular flexibility index (Phi) is 6.11. The Balaban J connectivity index is 2.19. The van der Waals surface area contributed by atoms with Crippen LogP contribution in [0.2, 0.25) is 0 Å². The van der Waals surface area contributed by atoms with Gasteiger partial charge in [0.15, 0.2) is 0 Å². The summed E-state index contributed by atoms with van der Waals surface area (Å²) in [5, 5.41) is 2.74. The van der Waals surface area contributed by atoms with Crippen molar-refractivity contribution in [2.24, 2.45) is 0 Å². The molecule has 2 N–H and O–H groups in total. The van der Waals surface area contributed by atoms with Crippen molar-refractivity contribution in [3.05, 3.63) is 65.7 Å². The number of sulfonamides is 1. The number of rotatable bonds is 7. The van der Waals surface area contributed by atoms with Crippen LogP contribution in [0, 0.1) is 0 Å². The molecule has 0 saturated carbocycles. The molecule has 0 bridgehead atoms. The Morgan fingerprint density at radius 1 is 1.08 bits per heavy atom. The highest BCUT2D eigenvalue weighted by atomic mass is 32.2. The van der Waals surface area contributed by atoms with Gasteiger partial charge >= 0.3 is 0 Å². The zero-order valence-corrected chi connectivity index (χ0v) is 14.6. The SMILES string of the molecule is CCCNC(=O)c1cccc(S(=O)(=O)NC(C)c2ccccc2)c1. The summed E-state index contributed by atoms with van der Waals surface area (Å²) in [5.41, 5.74) is 1.21. The van der Waals surface area contributed by atoms with Crippen molar-refractivity contribution >= 4 is 15.9 Å². The minimum Gasteiger partial charge on any atom is -0.352 e. The second-order valence-electron chi connectivity index (χ2n) is 5.54. The lowest BCUT2D eigenvalue weighted by Gasteiger charge is -2.15. The standard InChI is InChI=1S/C18H22N2O3S/c1-3-12-19-18(21)16-10-7-11-17(13-16)24(22,23)20-14(2)15-8-5-4-6-9-15/h4-11,13-14,20H,3,12H2,1-2H3,(H,19,21). The predicted octanol–water partition coefficient (Wildman–Crippen LogP) is 2.87. The summed E-state index contributed by atoms with van der Waals surface area (Å²) in [7, 11) is -3.71. The van der Waals surface area contributed by atoms with Crippen LogP contribution in [-0.4, -0.2) is 20.9 Å². The molecule has 24 heavy (non-hydrogen) atoms. The van der Waals surface area contributed by atoms with Crippen LogP contribution in [-0.2, 0) is 10.0 Å². The van der Waals surface area contributed by atoms with E-state index in [1.807, 2.05) is 37.3 Å². The highest BCUT2D eigenvalue weighted by molar-refractivity contribution is 7.89. The van der Waals surface area contributed by atoms with E-state index in [9.17, 15) is 13.2 Å². The third-order valence-corrected chi connectivity index (χ3v) is 5.11. The molecule has 128 valence electrons. The molecule has 2 aromatic rings. The number of benzene rings is 2. The maximum Gasteiger partial charge on any atom is 0.251 e. The topological polar surface area (TPSA) is 75.3 Å². The Morgan fingerprint density at radius 3 is 2.46 bits per heavy atom. The monoisotopic (exact) mass is 346 g/mol. The first-order valence-electron chi connectivity index (χ1n) is 7.89. The largest absolute Gasteiger partial charge is 0.352 e. The molecule has 2 rings (SSSR count). The summed E-state index contributed by atoms with van der Waals surface area (Å²) in [5.74, 6) is -0.273. The summed E-state index contributed by atoms with van der Waals surface area (Å²) in [6.07, 6.45) is 0.819. The molecule has 0 aliphatic rings. The van der Waals surface area contributed by atoms with Gasteiger partial charge in [0.05, 0.1) is 4.90 Å². The molecule has 0 aromatic heterocycles. The Labute approximate surface area is 143 Å². The van der Waals surface area contributed by atoms with E-state index in [1.165, 1.54) is 12.1 Å². The minimum atomic E-state index is -3.71. The summed E-state index contributed by atoms with van der Waals surface area (Å²) >= 11 is 0. The molecule has 2 aromatic carbocycles. The molecule has 0 spiro atoms. The van der Waals surface area contributed by atoms with Gasteiger partial charge in [0.2, 0.25) is 10.0 Å². The van der Waals surface area contributed by atoms with E-state index in [2.05, 4.69) is 10.0 Å². The normalized spacial score (nSPS) is 12.6. The summed E-state index contributed by atoms with van der Waals surface area (Å²) in [6, 6.07) is 15.0. The summed E-state index contributed by atoms with van der Waals surface area (Å²) < 4.78 is 27.8. The third-order valence-electron chi connectivity index (χ3n) is 3.57. The van der Waals surface area contributed by atoms with Crippen LogP contribution in [0.15, 0.2) is 59.5 Å². The first-order valence-corrected chi connectivity index (χ1v) is 9.38. The first-order chi connectivity index (χ1) is 11.4. The van der Waals surface area contributed by atoms with Gasteiger partial charge in [0, 0.05) is 18.2 Å². The molecular weight excluding hydrogens is 324 g/mol. The van der Waals surface area contributed by atoms with E-state index in [0.29, 0.717) is 12.1 Å². The lowest BCUT2D eigenvalue weighted by atomic mass is 10.1. The van der Waals surface area contributed by atoms with Crippen LogP contribution in [0.5, 0.6) is 0 Å². The van der Waals surface area contributed by atoms with Crippen molar-refractivity contribution in [3.63, 3.8) is 0 Å². The second kappa shape index (κ2) is 8.08. The molecule has 0 aliphatic heterocycles. The molecule has 1 atom stereocenters. The van der Waals surface area contributed by atoms with E-state index in [1.54, 1.807) is 19.1 Å². The third kappa shape index (κ3) is 4.66. The van der Waals surface area contributed by atoms with Crippen molar-refractivity contribution in [1.29, 1.82) is 0 Å². The van der Waals surface area contributed by atoms with Crippen molar-refractivity contribution in [2.45, 2.75) is 31.2 Å². The van der Waals surface area contributed by atoms with Gasteiger partial charge in [-0.3, -0.25) is 4.79 Å². The molecule has 1 amide bonds. The fourth-order valence-electron chi connectivity index (χ4n) is 2.26. The van der Waals surface area contributed by atoms with Crippen LogP contribution < -0.4 is 10.0 Å². The van der Waals surface area contributed by atoms with E-state index < -0.39 is 10.0 Å². The fourth-order valence-corrected chi connectivity index (χ4v) is 3.53. The Morgan fingerprint density at radius 2 is 1.79 bits per heavy atom. The van der Waals surface area contributed by atoms with Crippen LogP contribution in [0.3, 0.4) is 0 Å². The molecule has 0 aliphatic carbocycles. The van der Waals surface area contributed by atoms with Gasteiger partial charge in [0.1, 0.15) is 0 Å². The number of nitrogens with one attached hydrogen (secondary N) is 2. The van der Waals surface area contributed by atoms with Crippen molar-refractivity contribution < 1.29 is 13.2 Å². The van der Waals surface area contributed by atoms with Crippen LogP contribution in [0.1, 0.15) is 42.2 Å².